The molecule has 0 N–H and O–H groups in total. The summed E-state index contributed by atoms with van der Waals surface area (Å²) >= 11 is 0. The van der Waals surface area contributed by atoms with Gasteiger partial charge < -0.3 is 4.57 Å². The van der Waals surface area contributed by atoms with Crippen LogP contribution >= 0.6 is 0 Å². The second-order valence-electron chi connectivity index (χ2n) is 11.0. The average Bonchev–Trinajstić information content (AvgIpc) is 3.14. The number of aryl methyl sites for hydroxylation is 3. The number of aromatic nitrogens is 2. The van der Waals surface area contributed by atoms with Gasteiger partial charge in [-0.15, -0.1) is 0 Å². The third-order valence-electron chi connectivity index (χ3n) is 7.01. The maximum atomic E-state index is 13.5. The summed E-state index contributed by atoms with van der Waals surface area (Å²) in [6.45, 7) is 14.4. The molecule has 0 aliphatic carbocycles. The van der Waals surface area contributed by atoms with Crippen LogP contribution in [0.4, 0.5) is 13.2 Å². The van der Waals surface area contributed by atoms with Gasteiger partial charge >= 0.3 is 6.18 Å². The van der Waals surface area contributed by atoms with Gasteiger partial charge in [-0.2, -0.15) is 13.2 Å². The van der Waals surface area contributed by atoms with E-state index in [2.05, 4.69) is 32.3 Å². The SMILES string of the molecule is CCCC(CCC)n1c(C/C(=C\C(=O)c2c(C)cc(C)cc2C)CC(C)C)nc2cc(C(F)(F)F)ccc21. The lowest BCUT2D eigenvalue weighted by Gasteiger charge is -2.22. The van der Waals surface area contributed by atoms with Gasteiger partial charge in [0.25, 0.3) is 0 Å². The second kappa shape index (κ2) is 12.3. The van der Waals surface area contributed by atoms with Gasteiger partial charge in [-0.25, -0.2) is 4.98 Å². The van der Waals surface area contributed by atoms with E-state index in [4.69, 9.17) is 4.98 Å². The zero-order chi connectivity index (χ0) is 28.2. The molecule has 3 aromatic rings. The second-order valence-corrected chi connectivity index (χ2v) is 11.0. The van der Waals surface area contributed by atoms with Crippen molar-refractivity contribution in [2.24, 2.45) is 5.92 Å². The van der Waals surface area contributed by atoms with Crippen molar-refractivity contribution in [3.63, 3.8) is 0 Å². The Kier molecular flexibility index (Phi) is 9.61. The van der Waals surface area contributed by atoms with Crippen LogP contribution in [0.1, 0.15) is 104 Å². The topological polar surface area (TPSA) is 34.9 Å². The fraction of sp³-hybridized carbons (Fsp3) is 0.500. The number of alkyl halides is 3. The highest BCUT2D eigenvalue weighted by atomic mass is 19.4. The molecular weight excluding hydrogens is 485 g/mol. The molecule has 0 fully saturated rings. The van der Waals surface area contributed by atoms with Crippen molar-refractivity contribution in [1.29, 1.82) is 0 Å². The minimum Gasteiger partial charge on any atom is -0.325 e. The van der Waals surface area contributed by atoms with Gasteiger partial charge in [0.15, 0.2) is 5.78 Å². The van der Waals surface area contributed by atoms with Crippen LogP contribution in [0.15, 0.2) is 42.0 Å². The molecule has 3 nitrogen and oxygen atoms in total. The van der Waals surface area contributed by atoms with Crippen LogP contribution < -0.4 is 0 Å². The normalized spacial score (nSPS) is 12.8. The third kappa shape index (κ3) is 6.95. The molecule has 0 unspecified atom stereocenters. The number of hydrogen-bond acceptors (Lipinski definition) is 2. The van der Waals surface area contributed by atoms with E-state index in [1.807, 2.05) is 32.9 Å². The number of rotatable bonds is 11. The molecule has 1 aromatic heterocycles. The Labute approximate surface area is 225 Å². The zero-order valence-electron chi connectivity index (χ0n) is 23.8. The Hall–Kier alpha value is -2.89. The molecule has 0 amide bonds. The van der Waals surface area contributed by atoms with Crippen molar-refractivity contribution >= 4 is 16.8 Å². The minimum absolute atomic E-state index is 0.0312. The molecule has 0 bridgehead atoms. The molecule has 0 spiro atoms. The van der Waals surface area contributed by atoms with Gasteiger partial charge in [0.2, 0.25) is 0 Å². The first-order chi connectivity index (χ1) is 17.8. The molecule has 206 valence electrons. The van der Waals surface area contributed by atoms with E-state index in [9.17, 15) is 18.0 Å². The van der Waals surface area contributed by atoms with Crippen molar-refractivity contribution in [1.82, 2.24) is 9.55 Å². The summed E-state index contributed by atoms with van der Waals surface area (Å²) in [5.74, 6) is 1.01. The molecular formula is C32H41F3N2O. The van der Waals surface area contributed by atoms with E-state index in [1.54, 1.807) is 12.1 Å². The minimum atomic E-state index is -4.43. The monoisotopic (exact) mass is 526 g/mol. The van der Waals surface area contributed by atoms with Gasteiger partial charge in [0, 0.05) is 18.0 Å². The van der Waals surface area contributed by atoms with Crippen LogP contribution in [-0.4, -0.2) is 15.3 Å². The first-order valence-electron chi connectivity index (χ1n) is 13.7. The van der Waals surface area contributed by atoms with Crippen molar-refractivity contribution in [3.8, 4) is 0 Å². The Balaban J connectivity index is 2.15. The number of nitrogens with zero attached hydrogens (tertiary/aromatic N) is 2. The fourth-order valence-corrected chi connectivity index (χ4v) is 5.66. The number of carbonyl (C=O) groups excluding carboxylic acids is 1. The zero-order valence-corrected chi connectivity index (χ0v) is 23.8. The smallest absolute Gasteiger partial charge is 0.325 e. The van der Waals surface area contributed by atoms with Gasteiger partial charge in [-0.05, 0) is 81.4 Å². The lowest BCUT2D eigenvalue weighted by molar-refractivity contribution is -0.137. The molecule has 1 heterocycles. The lowest BCUT2D eigenvalue weighted by atomic mass is 9.93. The van der Waals surface area contributed by atoms with Gasteiger partial charge in [-0.3, -0.25) is 4.79 Å². The van der Waals surface area contributed by atoms with Gasteiger partial charge in [0.05, 0.1) is 16.6 Å². The van der Waals surface area contributed by atoms with E-state index in [-0.39, 0.29) is 11.8 Å². The predicted octanol–water partition coefficient (Wildman–Crippen LogP) is 9.52. The van der Waals surface area contributed by atoms with Gasteiger partial charge in [0.1, 0.15) is 5.82 Å². The number of hydrogen-bond donors (Lipinski definition) is 0. The Bertz CT molecular complexity index is 1290. The average molecular weight is 527 g/mol. The highest BCUT2D eigenvalue weighted by Crippen LogP contribution is 2.35. The Morgan fingerprint density at radius 1 is 1.00 bits per heavy atom. The molecule has 0 radical (unpaired) electrons. The van der Waals surface area contributed by atoms with Crippen LogP contribution in [0, 0.1) is 26.7 Å². The van der Waals surface area contributed by atoms with Crippen molar-refractivity contribution in [2.45, 2.75) is 99.2 Å². The molecule has 0 saturated heterocycles. The van der Waals surface area contributed by atoms with Gasteiger partial charge in [-0.1, -0.05) is 63.8 Å². The standard InChI is InChI=1S/C32H41F3N2O/c1-8-10-26(11-9-2)37-28-13-12-25(32(33,34)35)19-27(28)36-30(37)18-24(14-20(3)4)17-29(38)31-22(6)15-21(5)16-23(31)7/h12-13,15-17,19-20,26H,8-11,14,18H2,1-7H3/b24-17-. The Morgan fingerprint density at radius 2 is 1.61 bits per heavy atom. The summed E-state index contributed by atoms with van der Waals surface area (Å²) < 4.78 is 42.6. The number of imidazole rings is 1. The number of allylic oxidation sites excluding steroid dienone is 2. The summed E-state index contributed by atoms with van der Waals surface area (Å²) in [6, 6.07) is 8.04. The van der Waals surface area contributed by atoms with E-state index >= 15 is 0 Å². The molecule has 38 heavy (non-hydrogen) atoms. The molecule has 0 saturated carbocycles. The quantitative estimate of drug-likeness (QED) is 0.184. The first kappa shape index (κ1) is 29.7. The van der Waals surface area contributed by atoms with E-state index in [0.29, 0.717) is 24.3 Å². The van der Waals surface area contributed by atoms with Crippen LogP contribution in [-0.2, 0) is 12.6 Å². The molecule has 3 rings (SSSR count). The van der Waals surface area contributed by atoms with Crippen molar-refractivity contribution < 1.29 is 18.0 Å². The molecule has 0 atom stereocenters. The van der Waals surface area contributed by atoms with E-state index in [0.717, 1.165) is 77.0 Å². The van der Waals surface area contributed by atoms with Crippen LogP contribution in [0.3, 0.4) is 0 Å². The number of halogens is 3. The highest BCUT2D eigenvalue weighted by molar-refractivity contribution is 6.07. The fourth-order valence-electron chi connectivity index (χ4n) is 5.66. The predicted molar refractivity (Wildman–Crippen MR) is 150 cm³/mol. The summed E-state index contributed by atoms with van der Waals surface area (Å²) in [6.07, 6.45) is 2.20. The largest absolute Gasteiger partial charge is 0.416 e. The third-order valence-corrected chi connectivity index (χ3v) is 7.01. The lowest BCUT2D eigenvalue weighted by Crippen LogP contribution is -2.14. The highest BCUT2D eigenvalue weighted by Gasteiger charge is 2.31. The number of benzene rings is 2. The van der Waals surface area contributed by atoms with E-state index in [1.165, 1.54) is 0 Å². The van der Waals surface area contributed by atoms with E-state index < -0.39 is 11.7 Å². The molecule has 6 heteroatoms. The summed E-state index contributed by atoms with van der Waals surface area (Å²) in [5, 5.41) is 0. The maximum Gasteiger partial charge on any atom is 0.416 e. The van der Waals surface area contributed by atoms with Crippen LogP contribution in [0.5, 0.6) is 0 Å². The Morgan fingerprint density at radius 3 is 2.13 bits per heavy atom. The van der Waals surface area contributed by atoms with Crippen LogP contribution in [0.2, 0.25) is 0 Å². The maximum absolute atomic E-state index is 13.5. The first-order valence-corrected chi connectivity index (χ1v) is 13.7. The molecule has 0 aliphatic heterocycles. The van der Waals surface area contributed by atoms with Crippen LogP contribution in [0.25, 0.3) is 11.0 Å². The number of carbonyl (C=O) groups is 1. The molecule has 2 aromatic carbocycles. The van der Waals surface area contributed by atoms with Crippen molar-refractivity contribution in [3.05, 3.63) is 75.6 Å². The molecule has 0 aliphatic rings. The number of fused-ring (bicyclic) bond motifs is 1. The summed E-state index contributed by atoms with van der Waals surface area (Å²) in [5.41, 5.74) is 5.07. The summed E-state index contributed by atoms with van der Waals surface area (Å²) in [4.78, 5) is 18.3. The summed E-state index contributed by atoms with van der Waals surface area (Å²) in [7, 11) is 0. The van der Waals surface area contributed by atoms with Crippen molar-refractivity contribution in [2.75, 3.05) is 0 Å². The number of ketones is 1.